The molecule has 0 aliphatic heterocycles. The number of hydrogen-bond donors (Lipinski definition) is 1. The molecule has 0 aliphatic rings. The zero-order valence-electron chi connectivity index (χ0n) is 7.36. The van der Waals surface area contributed by atoms with Gasteiger partial charge in [0.2, 0.25) is 0 Å². The van der Waals surface area contributed by atoms with Gasteiger partial charge in [-0.25, -0.2) is 0 Å². The van der Waals surface area contributed by atoms with Gasteiger partial charge in [-0.3, -0.25) is 4.55 Å². The second kappa shape index (κ2) is 3.89. The SMILES string of the molecule is Cc1ccc(S(=O)(=O)O)cc1.[Cl-].[H+]. The molecular formula is C7H9ClO3S. The molecule has 0 aromatic heterocycles. The van der Waals surface area contributed by atoms with Crippen molar-refractivity contribution in [1.82, 2.24) is 0 Å². The van der Waals surface area contributed by atoms with Crippen molar-refractivity contribution in [3.63, 3.8) is 0 Å². The van der Waals surface area contributed by atoms with Crippen molar-refractivity contribution in [3.8, 4) is 0 Å². The van der Waals surface area contributed by atoms with Crippen molar-refractivity contribution >= 4 is 10.1 Å². The minimum atomic E-state index is -4.02. The second-order valence-electron chi connectivity index (χ2n) is 2.29. The molecule has 0 aliphatic carbocycles. The smallest absolute Gasteiger partial charge is 1.00 e. The van der Waals surface area contributed by atoms with Gasteiger partial charge in [-0.05, 0) is 19.1 Å². The van der Waals surface area contributed by atoms with Gasteiger partial charge in [0.05, 0.1) is 4.90 Å². The van der Waals surface area contributed by atoms with E-state index < -0.39 is 10.1 Å². The van der Waals surface area contributed by atoms with Crippen LogP contribution in [0.25, 0.3) is 0 Å². The van der Waals surface area contributed by atoms with Gasteiger partial charge in [0.15, 0.2) is 0 Å². The lowest BCUT2D eigenvalue weighted by molar-refractivity contribution is -0.00000649. The van der Waals surface area contributed by atoms with Crippen LogP contribution in [0.4, 0.5) is 0 Å². The summed E-state index contributed by atoms with van der Waals surface area (Å²) in [6.07, 6.45) is 0. The van der Waals surface area contributed by atoms with Gasteiger partial charge in [0.1, 0.15) is 0 Å². The summed E-state index contributed by atoms with van der Waals surface area (Å²) in [6.45, 7) is 1.84. The third kappa shape index (κ3) is 2.81. The Morgan fingerprint density at radius 2 is 1.67 bits per heavy atom. The number of hydrogen-bond acceptors (Lipinski definition) is 2. The van der Waals surface area contributed by atoms with Crippen molar-refractivity contribution in [2.75, 3.05) is 0 Å². The lowest BCUT2D eigenvalue weighted by atomic mass is 10.2. The average Bonchev–Trinajstić information content (AvgIpc) is 1.86. The van der Waals surface area contributed by atoms with Gasteiger partial charge in [-0.1, -0.05) is 17.7 Å². The van der Waals surface area contributed by atoms with Crippen LogP contribution in [0.2, 0.25) is 0 Å². The van der Waals surface area contributed by atoms with Gasteiger partial charge in [-0.2, -0.15) is 8.42 Å². The normalized spacial score (nSPS) is 10.5. The Balaban J connectivity index is 0. The maximum absolute atomic E-state index is 10.5. The first-order valence-corrected chi connectivity index (χ1v) is 4.48. The lowest BCUT2D eigenvalue weighted by Crippen LogP contribution is -3.00. The summed E-state index contributed by atoms with van der Waals surface area (Å²) in [4.78, 5) is -0.0666. The van der Waals surface area contributed by atoms with E-state index in [-0.39, 0.29) is 18.7 Å². The van der Waals surface area contributed by atoms with Crippen LogP contribution < -0.4 is 12.4 Å². The molecular weight excluding hydrogens is 200 g/mol. The number of aryl methyl sites for hydroxylation is 1. The van der Waals surface area contributed by atoms with E-state index in [0.29, 0.717) is 0 Å². The molecule has 3 nitrogen and oxygen atoms in total. The minimum Gasteiger partial charge on any atom is -1.00 e. The van der Waals surface area contributed by atoms with Gasteiger partial charge < -0.3 is 12.4 Å². The fourth-order valence-electron chi connectivity index (χ4n) is 0.710. The summed E-state index contributed by atoms with van der Waals surface area (Å²) in [5.41, 5.74) is 0.956. The highest BCUT2D eigenvalue weighted by atomic mass is 35.5. The van der Waals surface area contributed by atoms with Crippen molar-refractivity contribution in [1.29, 1.82) is 0 Å². The predicted octanol–water partition coefficient (Wildman–Crippen LogP) is -1.64. The van der Waals surface area contributed by atoms with Gasteiger partial charge in [0, 0.05) is 0 Å². The average molecular weight is 209 g/mol. The Kier molecular flexibility index (Phi) is 3.70. The molecule has 0 radical (unpaired) electrons. The second-order valence-corrected chi connectivity index (χ2v) is 3.71. The molecule has 0 fully saturated rings. The first-order chi connectivity index (χ1) is 5.00. The van der Waals surface area contributed by atoms with Crippen LogP contribution in [-0.2, 0) is 10.1 Å². The Morgan fingerprint density at radius 1 is 1.25 bits per heavy atom. The number of rotatable bonds is 1. The third-order valence-corrected chi connectivity index (χ3v) is 2.19. The molecule has 0 saturated heterocycles. The third-order valence-electron chi connectivity index (χ3n) is 1.32. The molecule has 68 valence electrons. The Morgan fingerprint density at radius 3 is 2.00 bits per heavy atom. The van der Waals surface area contributed by atoms with E-state index in [1.807, 2.05) is 6.92 Å². The molecule has 0 spiro atoms. The molecule has 1 aromatic rings. The highest BCUT2D eigenvalue weighted by Gasteiger charge is 2.06. The summed E-state index contributed by atoms with van der Waals surface area (Å²) in [7, 11) is -4.02. The van der Waals surface area contributed by atoms with Crippen LogP contribution >= 0.6 is 0 Å². The maximum atomic E-state index is 10.5. The van der Waals surface area contributed by atoms with Crippen molar-refractivity contribution < 1.29 is 26.8 Å². The largest absolute Gasteiger partial charge is 1.00 e. The quantitative estimate of drug-likeness (QED) is 0.564. The highest BCUT2D eigenvalue weighted by Crippen LogP contribution is 2.08. The molecule has 1 rings (SSSR count). The summed E-state index contributed by atoms with van der Waals surface area (Å²) in [5.74, 6) is 0. The Bertz CT molecular complexity index is 347. The zero-order chi connectivity index (χ0) is 8.48. The van der Waals surface area contributed by atoms with Gasteiger partial charge in [0.25, 0.3) is 10.1 Å². The molecule has 0 saturated carbocycles. The van der Waals surface area contributed by atoms with E-state index in [2.05, 4.69) is 0 Å². The molecule has 0 unspecified atom stereocenters. The molecule has 0 bridgehead atoms. The van der Waals surface area contributed by atoms with Crippen LogP contribution in [0, 0.1) is 6.92 Å². The van der Waals surface area contributed by atoms with Crippen LogP contribution in [0.15, 0.2) is 29.2 Å². The molecule has 0 heterocycles. The predicted molar refractivity (Wildman–Crippen MR) is 42.1 cm³/mol. The first-order valence-electron chi connectivity index (χ1n) is 3.04. The van der Waals surface area contributed by atoms with E-state index in [1.165, 1.54) is 12.1 Å². The number of benzene rings is 1. The van der Waals surface area contributed by atoms with Crippen molar-refractivity contribution in [3.05, 3.63) is 29.8 Å². The topological polar surface area (TPSA) is 54.4 Å². The highest BCUT2D eigenvalue weighted by molar-refractivity contribution is 7.85. The van der Waals surface area contributed by atoms with E-state index >= 15 is 0 Å². The van der Waals surface area contributed by atoms with Crippen LogP contribution in [0.5, 0.6) is 0 Å². The van der Waals surface area contributed by atoms with Crippen molar-refractivity contribution in [2.24, 2.45) is 0 Å². The van der Waals surface area contributed by atoms with Crippen LogP contribution in [-0.4, -0.2) is 13.0 Å². The molecule has 0 amide bonds. The molecule has 0 atom stereocenters. The number of halogens is 1. The summed E-state index contributed by atoms with van der Waals surface area (Å²) < 4.78 is 29.6. The lowest BCUT2D eigenvalue weighted by Gasteiger charge is -1.95. The first kappa shape index (κ1) is 11.4. The van der Waals surface area contributed by atoms with Gasteiger partial charge in [-0.15, -0.1) is 0 Å². The molecule has 12 heavy (non-hydrogen) atoms. The van der Waals surface area contributed by atoms with Crippen molar-refractivity contribution in [2.45, 2.75) is 11.8 Å². The monoisotopic (exact) mass is 208 g/mol. The van der Waals surface area contributed by atoms with Crippen LogP contribution in [0.1, 0.15) is 6.99 Å². The fourth-order valence-corrected chi connectivity index (χ4v) is 1.19. The summed E-state index contributed by atoms with van der Waals surface area (Å²) in [5, 5.41) is 0. The summed E-state index contributed by atoms with van der Waals surface area (Å²) >= 11 is 0. The molecule has 1 N–H and O–H groups in total. The maximum Gasteiger partial charge on any atom is 1.00 e. The fraction of sp³-hybridized carbons (Fsp3) is 0.143. The van der Waals surface area contributed by atoms with E-state index in [4.69, 9.17) is 4.55 Å². The molecule has 1 aromatic carbocycles. The van der Waals surface area contributed by atoms with Gasteiger partial charge >= 0.3 is 1.43 Å². The summed E-state index contributed by atoms with van der Waals surface area (Å²) in [6, 6.07) is 5.99. The minimum absolute atomic E-state index is 0. The molecule has 5 heteroatoms. The Hall–Kier alpha value is -0.580. The van der Waals surface area contributed by atoms with Crippen LogP contribution in [0.3, 0.4) is 0 Å². The standard InChI is InChI=1S/C7H8O3S.ClH/c1-6-2-4-7(5-3-6)11(8,9)10;/h2-5H,1H3,(H,8,9,10);1H. The Labute approximate surface area is 79.1 Å². The van der Waals surface area contributed by atoms with E-state index in [9.17, 15) is 8.42 Å². The van der Waals surface area contributed by atoms with E-state index in [1.54, 1.807) is 12.1 Å². The zero-order valence-corrected chi connectivity index (χ0v) is 7.93. The van der Waals surface area contributed by atoms with E-state index in [0.717, 1.165) is 5.56 Å².